The van der Waals surface area contributed by atoms with E-state index in [4.69, 9.17) is 4.74 Å². The van der Waals surface area contributed by atoms with Crippen LogP contribution in [0.1, 0.15) is 36.0 Å². The summed E-state index contributed by atoms with van der Waals surface area (Å²) in [4.78, 5) is 36.6. The summed E-state index contributed by atoms with van der Waals surface area (Å²) in [6.45, 7) is -0.400. The van der Waals surface area contributed by atoms with Gasteiger partial charge in [0, 0.05) is 5.69 Å². The monoisotopic (exact) mass is 384 g/mol. The Hall–Kier alpha value is -3.22. The summed E-state index contributed by atoms with van der Waals surface area (Å²) in [5, 5.41) is 5.24. The first kappa shape index (κ1) is 19.5. The van der Waals surface area contributed by atoms with Gasteiger partial charge >= 0.3 is 5.97 Å². The molecule has 0 aromatic heterocycles. The van der Waals surface area contributed by atoms with Crippen LogP contribution in [0.2, 0.25) is 0 Å². The lowest BCUT2D eigenvalue weighted by atomic mass is 10.1. The van der Waals surface area contributed by atoms with Crippen LogP contribution < -0.4 is 10.6 Å². The van der Waals surface area contributed by atoms with Crippen LogP contribution >= 0.6 is 0 Å². The first-order valence-corrected chi connectivity index (χ1v) is 9.15. The first-order valence-electron chi connectivity index (χ1n) is 9.15. The van der Waals surface area contributed by atoms with E-state index in [0.717, 1.165) is 25.7 Å². The smallest absolute Gasteiger partial charge is 0.309 e. The summed E-state index contributed by atoms with van der Waals surface area (Å²) in [7, 11) is 0. The second kappa shape index (κ2) is 9.12. The number of anilines is 2. The summed E-state index contributed by atoms with van der Waals surface area (Å²) in [5.41, 5.74) is 0.962. The molecule has 0 spiro atoms. The average molecular weight is 384 g/mol. The second-order valence-corrected chi connectivity index (χ2v) is 6.64. The summed E-state index contributed by atoms with van der Waals surface area (Å²) in [6, 6.07) is 11.8. The van der Waals surface area contributed by atoms with Crippen molar-refractivity contribution in [3.63, 3.8) is 0 Å². The van der Waals surface area contributed by atoms with Gasteiger partial charge in [-0.05, 0) is 49.2 Å². The molecule has 0 atom stereocenters. The van der Waals surface area contributed by atoms with Crippen LogP contribution in [0.25, 0.3) is 0 Å². The van der Waals surface area contributed by atoms with Crippen LogP contribution in [0, 0.1) is 11.7 Å². The second-order valence-electron chi connectivity index (χ2n) is 6.64. The standard InChI is InChI=1S/C21H21FN2O4/c22-15-9-11-16(12-10-15)23-20(26)17-7-3-4-8-18(17)24-19(25)13-28-21(27)14-5-1-2-6-14/h3-4,7-12,14H,1-2,5-6,13H2,(H,23,26)(H,24,25). The Balaban J connectivity index is 1.59. The molecule has 1 aliphatic rings. The average Bonchev–Trinajstić information content (AvgIpc) is 3.23. The van der Waals surface area contributed by atoms with Gasteiger partial charge in [-0.2, -0.15) is 0 Å². The van der Waals surface area contributed by atoms with Crippen molar-refractivity contribution in [2.45, 2.75) is 25.7 Å². The van der Waals surface area contributed by atoms with E-state index in [1.807, 2.05) is 0 Å². The SMILES string of the molecule is O=C(COC(=O)C1CCCC1)Nc1ccccc1C(=O)Nc1ccc(F)cc1. The Bertz CT molecular complexity index is 861. The van der Waals surface area contributed by atoms with Gasteiger partial charge in [0.1, 0.15) is 5.82 Å². The van der Waals surface area contributed by atoms with Crippen molar-refractivity contribution in [3.05, 3.63) is 59.9 Å². The van der Waals surface area contributed by atoms with Gasteiger partial charge in [-0.15, -0.1) is 0 Å². The van der Waals surface area contributed by atoms with Crippen LogP contribution in [0.5, 0.6) is 0 Å². The highest BCUT2D eigenvalue weighted by Gasteiger charge is 2.24. The molecular weight excluding hydrogens is 363 g/mol. The molecule has 146 valence electrons. The number of hydrogen-bond acceptors (Lipinski definition) is 4. The number of amides is 2. The predicted molar refractivity (Wildman–Crippen MR) is 102 cm³/mol. The fourth-order valence-electron chi connectivity index (χ4n) is 3.12. The van der Waals surface area contributed by atoms with Gasteiger partial charge in [-0.1, -0.05) is 25.0 Å². The molecule has 0 unspecified atom stereocenters. The maximum Gasteiger partial charge on any atom is 0.309 e. The Labute approximate surface area is 162 Å². The van der Waals surface area contributed by atoms with Crippen molar-refractivity contribution in [3.8, 4) is 0 Å². The third-order valence-corrected chi connectivity index (χ3v) is 4.58. The lowest BCUT2D eigenvalue weighted by molar-refractivity contribution is -0.151. The predicted octanol–water partition coefficient (Wildman–Crippen LogP) is 3.75. The molecule has 0 saturated heterocycles. The largest absolute Gasteiger partial charge is 0.455 e. The lowest BCUT2D eigenvalue weighted by Gasteiger charge is -2.13. The van der Waals surface area contributed by atoms with Crippen LogP contribution in [0.4, 0.5) is 15.8 Å². The topological polar surface area (TPSA) is 84.5 Å². The number of benzene rings is 2. The van der Waals surface area contributed by atoms with E-state index >= 15 is 0 Å². The molecule has 7 heteroatoms. The molecular formula is C21H21FN2O4. The number of rotatable bonds is 6. The molecule has 3 rings (SSSR count). The highest BCUT2D eigenvalue weighted by molar-refractivity contribution is 6.10. The molecule has 0 aliphatic heterocycles. The van der Waals surface area contributed by atoms with E-state index < -0.39 is 24.2 Å². The number of halogens is 1. The van der Waals surface area contributed by atoms with Gasteiger partial charge in [0.05, 0.1) is 17.2 Å². The van der Waals surface area contributed by atoms with Gasteiger partial charge in [-0.25, -0.2) is 4.39 Å². The van der Waals surface area contributed by atoms with E-state index in [0.29, 0.717) is 11.4 Å². The van der Waals surface area contributed by atoms with E-state index in [2.05, 4.69) is 10.6 Å². The molecule has 2 N–H and O–H groups in total. The highest BCUT2D eigenvalue weighted by atomic mass is 19.1. The molecule has 0 bridgehead atoms. The minimum atomic E-state index is -0.520. The van der Waals surface area contributed by atoms with Gasteiger partial charge in [-0.3, -0.25) is 14.4 Å². The minimum absolute atomic E-state index is 0.124. The Morgan fingerprint density at radius 1 is 0.964 bits per heavy atom. The number of para-hydroxylation sites is 1. The minimum Gasteiger partial charge on any atom is -0.455 e. The van der Waals surface area contributed by atoms with E-state index in [1.165, 1.54) is 24.3 Å². The summed E-state index contributed by atoms with van der Waals surface area (Å²) < 4.78 is 18.1. The number of ether oxygens (including phenoxy) is 1. The van der Waals surface area contributed by atoms with E-state index in [9.17, 15) is 18.8 Å². The molecule has 2 amide bonds. The first-order chi connectivity index (χ1) is 13.5. The van der Waals surface area contributed by atoms with E-state index in [-0.39, 0.29) is 17.5 Å². The molecule has 6 nitrogen and oxygen atoms in total. The molecule has 1 fully saturated rings. The fraction of sp³-hybridized carbons (Fsp3) is 0.286. The molecule has 2 aromatic rings. The quantitative estimate of drug-likeness (QED) is 0.743. The van der Waals surface area contributed by atoms with Crippen LogP contribution in [0.15, 0.2) is 48.5 Å². The summed E-state index contributed by atoms with van der Waals surface area (Å²) in [6.07, 6.45) is 3.60. The van der Waals surface area contributed by atoms with Gasteiger partial charge in [0.25, 0.3) is 11.8 Å². The fourth-order valence-corrected chi connectivity index (χ4v) is 3.12. The van der Waals surface area contributed by atoms with Crippen LogP contribution in [0.3, 0.4) is 0 Å². The maximum atomic E-state index is 13.0. The van der Waals surface area contributed by atoms with Crippen molar-refractivity contribution in [1.29, 1.82) is 0 Å². The third kappa shape index (κ3) is 5.16. The molecule has 2 aromatic carbocycles. The summed E-state index contributed by atoms with van der Waals surface area (Å²) >= 11 is 0. The molecule has 28 heavy (non-hydrogen) atoms. The molecule has 1 aliphatic carbocycles. The van der Waals surface area contributed by atoms with Gasteiger partial charge in [0.15, 0.2) is 6.61 Å². The Morgan fingerprint density at radius 3 is 2.36 bits per heavy atom. The van der Waals surface area contributed by atoms with Crippen molar-refractivity contribution in [2.75, 3.05) is 17.2 Å². The number of carbonyl (C=O) groups excluding carboxylic acids is 3. The molecule has 0 heterocycles. The van der Waals surface area contributed by atoms with Crippen molar-refractivity contribution < 1.29 is 23.5 Å². The van der Waals surface area contributed by atoms with Crippen molar-refractivity contribution in [1.82, 2.24) is 0 Å². The van der Waals surface area contributed by atoms with Gasteiger partial charge in [0.2, 0.25) is 0 Å². The Morgan fingerprint density at radius 2 is 1.64 bits per heavy atom. The van der Waals surface area contributed by atoms with E-state index in [1.54, 1.807) is 24.3 Å². The summed E-state index contributed by atoms with van der Waals surface area (Å²) in [5.74, 6) is -1.85. The van der Waals surface area contributed by atoms with Crippen LogP contribution in [-0.2, 0) is 14.3 Å². The third-order valence-electron chi connectivity index (χ3n) is 4.58. The lowest BCUT2D eigenvalue weighted by Crippen LogP contribution is -2.25. The number of hydrogen-bond donors (Lipinski definition) is 2. The van der Waals surface area contributed by atoms with Crippen LogP contribution in [-0.4, -0.2) is 24.4 Å². The van der Waals surface area contributed by atoms with Gasteiger partial charge < -0.3 is 15.4 Å². The van der Waals surface area contributed by atoms with Crippen molar-refractivity contribution >= 4 is 29.2 Å². The maximum absolute atomic E-state index is 13.0. The zero-order valence-corrected chi connectivity index (χ0v) is 15.2. The highest BCUT2D eigenvalue weighted by Crippen LogP contribution is 2.25. The number of nitrogens with one attached hydrogen (secondary N) is 2. The zero-order valence-electron chi connectivity index (χ0n) is 15.2. The Kier molecular flexibility index (Phi) is 6.37. The number of esters is 1. The molecule has 1 saturated carbocycles. The normalized spacial score (nSPS) is 13.8. The zero-order chi connectivity index (χ0) is 19.9. The number of carbonyl (C=O) groups is 3. The van der Waals surface area contributed by atoms with Crippen molar-refractivity contribution in [2.24, 2.45) is 5.92 Å². The molecule has 0 radical (unpaired) electrons.